The molecule has 6 heteroatoms. The maximum absolute atomic E-state index is 12.0. The number of carbonyl (C=O) groups is 2. The van der Waals surface area contributed by atoms with Crippen molar-refractivity contribution < 1.29 is 14.7 Å². The molecule has 0 aromatic heterocycles. The molecular formula is C15H26N3O3. The topological polar surface area (TPSA) is 104 Å². The first-order valence-corrected chi connectivity index (χ1v) is 7.86. The van der Waals surface area contributed by atoms with Crippen molar-refractivity contribution >= 4 is 11.8 Å². The highest BCUT2D eigenvalue weighted by atomic mass is 16.3. The summed E-state index contributed by atoms with van der Waals surface area (Å²) in [5.41, 5.74) is 4.97. The molecule has 1 aliphatic carbocycles. The van der Waals surface area contributed by atoms with Gasteiger partial charge in [0, 0.05) is 12.0 Å². The highest BCUT2D eigenvalue weighted by Crippen LogP contribution is 2.41. The smallest absolute Gasteiger partial charge is 0.224 e. The van der Waals surface area contributed by atoms with Crippen molar-refractivity contribution in [1.29, 1.82) is 0 Å². The van der Waals surface area contributed by atoms with Crippen LogP contribution in [0.25, 0.3) is 0 Å². The highest BCUT2D eigenvalue weighted by molar-refractivity contribution is 5.87. The largest absolute Gasteiger partial charge is 0.390 e. The van der Waals surface area contributed by atoms with E-state index >= 15 is 0 Å². The molecule has 0 bridgehead atoms. The van der Waals surface area contributed by atoms with Crippen LogP contribution in [-0.4, -0.2) is 42.2 Å². The molecule has 2 fully saturated rings. The van der Waals surface area contributed by atoms with E-state index < -0.39 is 11.5 Å². The fraction of sp³-hybridized carbons (Fsp3) is 0.800. The average Bonchev–Trinajstić information content (AvgIpc) is 2.85. The van der Waals surface area contributed by atoms with Crippen molar-refractivity contribution in [3.63, 3.8) is 0 Å². The second kappa shape index (κ2) is 7.22. The maximum Gasteiger partial charge on any atom is 0.224 e. The van der Waals surface area contributed by atoms with Gasteiger partial charge >= 0.3 is 0 Å². The van der Waals surface area contributed by atoms with Crippen molar-refractivity contribution in [2.75, 3.05) is 13.1 Å². The lowest BCUT2D eigenvalue weighted by molar-refractivity contribution is -0.127. The van der Waals surface area contributed by atoms with E-state index in [0.29, 0.717) is 13.0 Å². The third kappa shape index (κ3) is 4.17. The van der Waals surface area contributed by atoms with E-state index in [1.807, 2.05) is 0 Å². The zero-order valence-corrected chi connectivity index (χ0v) is 12.4. The van der Waals surface area contributed by atoms with Gasteiger partial charge in [0.25, 0.3) is 0 Å². The van der Waals surface area contributed by atoms with E-state index in [1.165, 1.54) is 6.42 Å². The molecule has 0 aromatic rings. The van der Waals surface area contributed by atoms with E-state index in [0.717, 1.165) is 45.1 Å². The Kier molecular flexibility index (Phi) is 5.58. The van der Waals surface area contributed by atoms with E-state index in [2.05, 4.69) is 10.6 Å². The molecule has 2 rings (SSSR count). The molecule has 119 valence electrons. The average molecular weight is 296 g/mol. The van der Waals surface area contributed by atoms with E-state index in [-0.39, 0.29) is 17.9 Å². The quantitative estimate of drug-likeness (QED) is 0.566. The van der Waals surface area contributed by atoms with Crippen LogP contribution in [0.2, 0.25) is 0 Å². The molecule has 2 amide bonds. The van der Waals surface area contributed by atoms with Crippen LogP contribution >= 0.6 is 0 Å². The van der Waals surface area contributed by atoms with Crippen molar-refractivity contribution in [2.45, 2.75) is 57.1 Å². The van der Waals surface area contributed by atoms with Crippen LogP contribution in [0.5, 0.6) is 0 Å². The number of aliphatic hydroxyl groups is 1. The number of primary amides is 1. The van der Waals surface area contributed by atoms with Crippen LogP contribution in [0.1, 0.15) is 44.9 Å². The number of hydrogen-bond donors (Lipinski definition) is 4. The summed E-state index contributed by atoms with van der Waals surface area (Å²) >= 11 is 0. The summed E-state index contributed by atoms with van der Waals surface area (Å²) in [6, 6.07) is -0.225. The van der Waals surface area contributed by atoms with Crippen LogP contribution in [0.3, 0.4) is 0 Å². The van der Waals surface area contributed by atoms with E-state index in [4.69, 9.17) is 5.73 Å². The minimum Gasteiger partial charge on any atom is -0.390 e. The SMILES string of the molecule is NC(=O)C1(C[CH]C(=O)NC2CCCNC[C@@H]2O)CCCC1. The molecule has 0 aromatic carbocycles. The van der Waals surface area contributed by atoms with Gasteiger partial charge in [-0.25, -0.2) is 0 Å². The van der Waals surface area contributed by atoms with E-state index in [1.54, 1.807) is 0 Å². The Bertz CT molecular complexity index is 380. The summed E-state index contributed by atoms with van der Waals surface area (Å²) in [6.45, 7) is 1.36. The number of amides is 2. The molecule has 1 unspecified atom stereocenters. The number of carbonyl (C=O) groups excluding carboxylic acids is 2. The Labute approximate surface area is 125 Å². The Morgan fingerprint density at radius 1 is 1.33 bits per heavy atom. The summed E-state index contributed by atoms with van der Waals surface area (Å²) in [5, 5.41) is 15.9. The first-order valence-electron chi connectivity index (χ1n) is 7.86. The standard InChI is InChI=1S/C15H26N3O3/c16-14(21)15(6-1-2-7-15)8-5-13(20)18-11-4-3-9-17-10-12(11)19/h5,11-12,17,19H,1-4,6-10H2,(H2,16,21)(H,18,20)/t11?,12-/m0/s1. The van der Waals surface area contributed by atoms with E-state index in [9.17, 15) is 14.7 Å². The third-order valence-corrected chi connectivity index (χ3v) is 4.78. The summed E-state index contributed by atoms with van der Waals surface area (Å²) in [7, 11) is 0. The molecule has 0 spiro atoms. The van der Waals surface area contributed by atoms with Crippen molar-refractivity contribution in [2.24, 2.45) is 11.1 Å². The first kappa shape index (κ1) is 16.2. The molecule has 1 aliphatic heterocycles. The molecule has 1 radical (unpaired) electrons. The lowest BCUT2D eigenvalue weighted by Gasteiger charge is -2.26. The number of hydrogen-bond acceptors (Lipinski definition) is 4. The Hall–Kier alpha value is -1.14. The van der Waals surface area contributed by atoms with Crippen LogP contribution in [0, 0.1) is 11.8 Å². The maximum atomic E-state index is 12.0. The van der Waals surface area contributed by atoms with Crippen molar-refractivity contribution in [3.8, 4) is 0 Å². The van der Waals surface area contributed by atoms with Gasteiger partial charge in [-0.3, -0.25) is 9.59 Å². The molecule has 1 saturated carbocycles. The number of nitrogens with one attached hydrogen (secondary N) is 2. The van der Waals surface area contributed by atoms with Crippen molar-refractivity contribution in [3.05, 3.63) is 6.42 Å². The van der Waals surface area contributed by atoms with Gasteiger partial charge in [0.1, 0.15) is 0 Å². The number of rotatable bonds is 5. The minimum atomic E-state index is -0.568. The van der Waals surface area contributed by atoms with Gasteiger partial charge in [-0.15, -0.1) is 0 Å². The van der Waals surface area contributed by atoms with Gasteiger partial charge in [-0.1, -0.05) is 12.8 Å². The molecular weight excluding hydrogens is 270 g/mol. The zero-order chi connectivity index (χ0) is 15.3. The summed E-state index contributed by atoms with van der Waals surface area (Å²) < 4.78 is 0. The van der Waals surface area contributed by atoms with Gasteiger partial charge in [-0.05, 0) is 38.6 Å². The molecule has 2 aliphatic rings. The lowest BCUT2D eigenvalue weighted by Crippen LogP contribution is -2.46. The predicted molar refractivity (Wildman–Crippen MR) is 79.1 cm³/mol. The van der Waals surface area contributed by atoms with Gasteiger partial charge in [0.05, 0.1) is 18.6 Å². The number of aliphatic hydroxyl groups excluding tert-OH is 1. The van der Waals surface area contributed by atoms with Crippen LogP contribution < -0.4 is 16.4 Å². The van der Waals surface area contributed by atoms with Gasteiger partial charge in [-0.2, -0.15) is 0 Å². The minimum absolute atomic E-state index is 0.214. The predicted octanol–water partition coefficient (Wildman–Crippen LogP) is -0.144. The molecule has 1 saturated heterocycles. The fourth-order valence-electron chi connectivity index (χ4n) is 3.33. The second-order valence-electron chi connectivity index (χ2n) is 6.29. The third-order valence-electron chi connectivity index (χ3n) is 4.78. The van der Waals surface area contributed by atoms with Gasteiger partial charge < -0.3 is 21.5 Å². The number of nitrogens with two attached hydrogens (primary N) is 1. The highest BCUT2D eigenvalue weighted by Gasteiger charge is 2.39. The van der Waals surface area contributed by atoms with Gasteiger partial charge in [0.15, 0.2) is 0 Å². The van der Waals surface area contributed by atoms with Crippen LogP contribution in [0.15, 0.2) is 0 Å². The second-order valence-corrected chi connectivity index (χ2v) is 6.29. The summed E-state index contributed by atoms with van der Waals surface area (Å²) in [5.74, 6) is -0.517. The normalized spacial score (nSPS) is 28.8. The monoisotopic (exact) mass is 296 g/mol. The Morgan fingerprint density at radius 3 is 2.71 bits per heavy atom. The van der Waals surface area contributed by atoms with Crippen molar-refractivity contribution in [1.82, 2.24) is 10.6 Å². The number of β-amino-alcohol motifs (C(OH)–C–C–N with tert-alkyl or cyclic N) is 1. The Morgan fingerprint density at radius 2 is 2.05 bits per heavy atom. The van der Waals surface area contributed by atoms with Crippen LogP contribution in [0.4, 0.5) is 0 Å². The van der Waals surface area contributed by atoms with Crippen LogP contribution in [-0.2, 0) is 9.59 Å². The lowest BCUT2D eigenvalue weighted by atomic mass is 9.80. The molecule has 6 nitrogen and oxygen atoms in total. The van der Waals surface area contributed by atoms with Gasteiger partial charge in [0.2, 0.25) is 11.8 Å². The molecule has 5 N–H and O–H groups in total. The molecule has 1 heterocycles. The zero-order valence-electron chi connectivity index (χ0n) is 12.4. The molecule has 21 heavy (non-hydrogen) atoms. The molecule has 2 atom stereocenters. The Balaban J connectivity index is 1.82. The summed E-state index contributed by atoms with van der Waals surface area (Å²) in [4.78, 5) is 23.7. The first-order chi connectivity index (χ1) is 10.0. The summed E-state index contributed by atoms with van der Waals surface area (Å²) in [6.07, 6.45) is 6.56. The fourth-order valence-corrected chi connectivity index (χ4v) is 3.33.